The van der Waals surface area contributed by atoms with Crippen molar-refractivity contribution in [1.29, 1.82) is 0 Å². The van der Waals surface area contributed by atoms with E-state index in [2.05, 4.69) is 17.9 Å². The van der Waals surface area contributed by atoms with E-state index in [0.29, 0.717) is 5.56 Å². The Hall–Kier alpha value is -1.65. The quantitative estimate of drug-likeness (QED) is 0.872. The molecule has 2 aliphatic rings. The highest BCUT2D eigenvalue weighted by molar-refractivity contribution is 5.87. The Labute approximate surface area is 131 Å². The Kier molecular flexibility index (Phi) is 4.32. The molecular formula is C18H23NO3. The maximum atomic E-state index is 10.9. The van der Waals surface area contributed by atoms with Crippen molar-refractivity contribution < 1.29 is 14.6 Å². The normalized spacial score (nSPS) is 21.6. The van der Waals surface area contributed by atoms with Gasteiger partial charge >= 0.3 is 5.97 Å². The molecule has 0 atom stereocenters. The van der Waals surface area contributed by atoms with E-state index in [9.17, 15) is 4.79 Å². The SMILES string of the molecule is CC1=CC2(CCN(Cc3ccc(C(=O)O)cc3)CC2)OCC1. The molecule has 1 spiro atoms. The van der Waals surface area contributed by atoms with Gasteiger partial charge in [0.25, 0.3) is 0 Å². The van der Waals surface area contributed by atoms with E-state index in [1.807, 2.05) is 12.1 Å². The third kappa shape index (κ3) is 3.39. The second kappa shape index (κ2) is 6.23. The van der Waals surface area contributed by atoms with Gasteiger partial charge in [-0.15, -0.1) is 0 Å². The first-order valence-corrected chi connectivity index (χ1v) is 7.93. The number of carboxylic acid groups (broad SMARTS) is 1. The minimum atomic E-state index is -0.872. The van der Waals surface area contributed by atoms with Crippen LogP contribution in [0.3, 0.4) is 0 Å². The number of hydrogen-bond acceptors (Lipinski definition) is 3. The van der Waals surface area contributed by atoms with E-state index in [4.69, 9.17) is 9.84 Å². The van der Waals surface area contributed by atoms with Crippen molar-refractivity contribution >= 4 is 5.97 Å². The zero-order valence-corrected chi connectivity index (χ0v) is 13.0. The molecule has 0 aliphatic carbocycles. The maximum Gasteiger partial charge on any atom is 0.335 e. The highest BCUT2D eigenvalue weighted by Gasteiger charge is 2.35. The molecule has 0 radical (unpaired) electrons. The van der Waals surface area contributed by atoms with Crippen molar-refractivity contribution in [3.8, 4) is 0 Å². The second-order valence-corrected chi connectivity index (χ2v) is 6.43. The number of piperidine rings is 1. The van der Waals surface area contributed by atoms with Gasteiger partial charge < -0.3 is 9.84 Å². The summed E-state index contributed by atoms with van der Waals surface area (Å²) in [5.41, 5.74) is 2.92. The molecule has 4 nitrogen and oxygen atoms in total. The summed E-state index contributed by atoms with van der Waals surface area (Å²) in [6.07, 6.45) is 5.46. The van der Waals surface area contributed by atoms with Crippen LogP contribution < -0.4 is 0 Å². The molecule has 0 bridgehead atoms. The summed E-state index contributed by atoms with van der Waals surface area (Å²) >= 11 is 0. The molecule has 2 heterocycles. The standard InChI is InChI=1S/C18H23NO3/c1-14-6-11-22-18(12-14)7-9-19(10-8-18)13-15-2-4-16(5-3-15)17(20)21/h2-5,12H,6-11,13H2,1H3,(H,20,21). The molecule has 1 N–H and O–H groups in total. The number of ether oxygens (including phenoxy) is 1. The summed E-state index contributed by atoms with van der Waals surface area (Å²) in [6.45, 7) is 5.95. The van der Waals surface area contributed by atoms with Gasteiger partial charge in [-0.2, -0.15) is 0 Å². The van der Waals surface area contributed by atoms with Crippen LogP contribution in [0.15, 0.2) is 35.9 Å². The lowest BCUT2D eigenvalue weighted by atomic mass is 9.87. The molecule has 118 valence electrons. The molecule has 0 aromatic heterocycles. The maximum absolute atomic E-state index is 10.9. The van der Waals surface area contributed by atoms with E-state index < -0.39 is 5.97 Å². The molecule has 0 saturated carbocycles. The average molecular weight is 301 g/mol. The topological polar surface area (TPSA) is 49.8 Å². The van der Waals surface area contributed by atoms with Crippen LogP contribution in [0.25, 0.3) is 0 Å². The van der Waals surface area contributed by atoms with Gasteiger partial charge in [-0.1, -0.05) is 23.8 Å². The molecule has 0 amide bonds. The Morgan fingerprint density at radius 3 is 2.55 bits per heavy atom. The summed E-state index contributed by atoms with van der Waals surface area (Å²) in [4.78, 5) is 13.3. The summed E-state index contributed by atoms with van der Waals surface area (Å²) in [7, 11) is 0. The van der Waals surface area contributed by atoms with E-state index >= 15 is 0 Å². The third-order valence-electron chi connectivity index (χ3n) is 4.70. The summed E-state index contributed by atoms with van der Waals surface area (Å²) < 4.78 is 6.05. The lowest BCUT2D eigenvalue weighted by Crippen LogP contribution is -2.46. The first-order chi connectivity index (χ1) is 10.6. The fraction of sp³-hybridized carbons (Fsp3) is 0.500. The van der Waals surface area contributed by atoms with Crippen molar-refractivity contribution in [1.82, 2.24) is 4.90 Å². The van der Waals surface area contributed by atoms with Crippen LogP contribution in [-0.2, 0) is 11.3 Å². The number of carboxylic acids is 1. The van der Waals surface area contributed by atoms with Gasteiger partial charge in [-0.05, 0) is 43.9 Å². The lowest BCUT2D eigenvalue weighted by molar-refractivity contribution is -0.0577. The second-order valence-electron chi connectivity index (χ2n) is 6.43. The summed E-state index contributed by atoms with van der Waals surface area (Å²) in [5.74, 6) is -0.872. The van der Waals surface area contributed by atoms with Gasteiger partial charge in [0.2, 0.25) is 0 Å². The number of benzene rings is 1. The minimum Gasteiger partial charge on any atom is -0.478 e. The predicted octanol–water partition coefficient (Wildman–Crippen LogP) is 3.09. The number of rotatable bonds is 3. The summed E-state index contributed by atoms with van der Waals surface area (Å²) in [6, 6.07) is 7.18. The van der Waals surface area contributed by atoms with E-state index in [1.165, 1.54) is 5.57 Å². The zero-order chi connectivity index (χ0) is 15.6. The van der Waals surface area contributed by atoms with Gasteiger partial charge in [-0.25, -0.2) is 4.79 Å². The molecule has 1 fully saturated rings. The molecule has 1 aromatic carbocycles. The van der Waals surface area contributed by atoms with Crippen LogP contribution in [0, 0.1) is 0 Å². The Balaban J connectivity index is 1.58. The van der Waals surface area contributed by atoms with E-state index in [-0.39, 0.29) is 5.60 Å². The van der Waals surface area contributed by atoms with Crippen molar-refractivity contribution in [2.75, 3.05) is 19.7 Å². The number of likely N-dealkylation sites (tertiary alicyclic amines) is 1. The first-order valence-electron chi connectivity index (χ1n) is 7.93. The molecular weight excluding hydrogens is 278 g/mol. The fourth-order valence-corrected chi connectivity index (χ4v) is 3.37. The highest BCUT2D eigenvalue weighted by Crippen LogP contribution is 2.33. The van der Waals surface area contributed by atoms with Crippen molar-refractivity contribution in [2.24, 2.45) is 0 Å². The monoisotopic (exact) mass is 301 g/mol. The first kappa shape index (κ1) is 15.3. The number of nitrogens with zero attached hydrogens (tertiary/aromatic N) is 1. The molecule has 1 saturated heterocycles. The highest BCUT2D eigenvalue weighted by atomic mass is 16.5. The minimum absolute atomic E-state index is 0.0357. The third-order valence-corrected chi connectivity index (χ3v) is 4.70. The van der Waals surface area contributed by atoms with Crippen LogP contribution in [0.4, 0.5) is 0 Å². The fourth-order valence-electron chi connectivity index (χ4n) is 3.37. The average Bonchev–Trinajstić information content (AvgIpc) is 2.50. The van der Waals surface area contributed by atoms with E-state index in [1.54, 1.807) is 12.1 Å². The van der Waals surface area contributed by atoms with E-state index in [0.717, 1.165) is 51.1 Å². The predicted molar refractivity (Wildman–Crippen MR) is 85.0 cm³/mol. The Morgan fingerprint density at radius 1 is 1.27 bits per heavy atom. The molecule has 3 rings (SSSR count). The Bertz CT molecular complexity index is 568. The van der Waals surface area contributed by atoms with Crippen molar-refractivity contribution in [3.05, 3.63) is 47.0 Å². The van der Waals surface area contributed by atoms with Crippen LogP contribution in [0.5, 0.6) is 0 Å². The number of hydrogen-bond donors (Lipinski definition) is 1. The Morgan fingerprint density at radius 2 is 1.95 bits per heavy atom. The van der Waals surface area contributed by atoms with Crippen LogP contribution in [0.2, 0.25) is 0 Å². The smallest absolute Gasteiger partial charge is 0.335 e. The summed E-state index contributed by atoms with van der Waals surface area (Å²) in [5, 5.41) is 8.93. The van der Waals surface area contributed by atoms with Crippen LogP contribution in [0.1, 0.15) is 42.1 Å². The molecule has 22 heavy (non-hydrogen) atoms. The molecule has 4 heteroatoms. The van der Waals surface area contributed by atoms with Gasteiger partial charge in [0.05, 0.1) is 17.8 Å². The van der Waals surface area contributed by atoms with Crippen LogP contribution >= 0.6 is 0 Å². The van der Waals surface area contributed by atoms with Gasteiger partial charge in [0.15, 0.2) is 0 Å². The largest absolute Gasteiger partial charge is 0.478 e. The van der Waals surface area contributed by atoms with Gasteiger partial charge in [0, 0.05) is 19.6 Å². The van der Waals surface area contributed by atoms with Crippen molar-refractivity contribution in [2.45, 2.75) is 38.3 Å². The molecule has 0 unspecified atom stereocenters. The molecule has 1 aromatic rings. The number of carbonyl (C=O) groups is 1. The zero-order valence-electron chi connectivity index (χ0n) is 13.0. The van der Waals surface area contributed by atoms with Gasteiger partial charge in [0.1, 0.15) is 0 Å². The molecule has 2 aliphatic heterocycles. The lowest BCUT2D eigenvalue weighted by Gasteiger charge is -2.42. The van der Waals surface area contributed by atoms with Crippen LogP contribution in [-0.4, -0.2) is 41.3 Å². The van der Waals surface area contributed by atoms with Crippen molar-refractivity contribution in [3.63, 3.8) is 0 Å². The number of aromatic carboxylic acids is 1. The van der Waals surface area contributed by atoms with Gasteiger partial charge in [-0.3, -0.25) is 4.90 Å².